The fourth-order valence-electron chi connectivity index (χ4n) is 4.74. The predicted octanol–water partition coefficient (Wildman–Crippen LogP) is 8.71. The Kier molecular flexibility index (Phi) is 8.76. The maximum absolute atomic E-state index is 11.7. The van der Waals surface area contributed by atoms with Crippen LogP contribution in [0.3, 0.4) is 0 Å². The molecule has 36 heavy (non-hydrogen) atoms. The molecule has 1 heterocycles. The summed E-state index contributed by atoms with van der Waals surface area (Å²) in [6, 6.07) is 7.82. The summed E-state index contributed by atoms with van der Waals surface area (Å²) in [5.41, 5.74) is 5.20. The minimum atomic E-state index is -2.02. The van der Waals surface area contributed by atoms with Crippen molar-refractivity contribution in [3.05, 3.63) is 55.9 Å². The molecule has 1 aliphatic carbocycles. The molecular formula is C30H46INO3Si. The Morgan fingerprint density at radius 1 is 1.08 bits per heavy atom. The first kappa shape index (κ1) is 29.6. The van der Waals surface area contributed by atoms with Crippen molar-refractivity contribution in [3.63, 3.8) is 0 Å². The van der Waals surface area contributed by atoms with Crippen LogP contribution in [0.5, 0.6) is 5.75 Å². The van der Waals surface area contributed by atoms with E-state index in [-0.39, 0.29) is 28.6 Å². The maximum Gasteiger partial charge on any atom is 0.192 e. The maximum atomic E-state index is 11.7. The zero-order chi connectivity index (χ0) is 27.2. The Morgan fingerprint density at radius 3 is 2.17 bits per heavy atom. The zero-order valence-electron chi connectivity index (χ0n) is 24.1. The first-order chi connectivity index (χ1) is 16.4. The quantitative estimate of drug-likeness (QED) is 0.248. The molecule has 0 saturated heterocycles. The number of nitrogens with zero attached hydrogens (tertiary/aromatic N) is 1. The van der Waals surface area contributed by atoms with Crippen LogP contribution in [0.2, 0.25) is 18.1 Å². The van der Waals surface area contributed by atoms with E-state index in [9.17, 15) is 5.11 Å². The number of halogens is 1. The molecule has 1 aromatic heterocycles. The summed E-state index contributed by atoms with van der Waals surface area (Å²) in [5, 5.41) is 11.8. The Balaban J connectivity index is 2.14. The first-order valence-corrected chi connectivity index (χ1v) is 17.3. The Morgan fingerprint density at radius 2 is 1.67 bits per heavy atom. The topological polar surface area (TPSA) is 51.6 Å². The number of pyridine rings is 1. The monoisotopic (exact) mass is 623 g/mol. The Bertz CT molecular complexity index is 1070. The predicted molar refractivity (Wildman–Crippen MR) is 160 cm³/mol. The van der Waals surface area contributed by atoms with Crippen LogP contribution in [0.25, 0.3) is 0 Å². The van der Waals surface area contributed by atoms with Crippen molar-refractivity contribution in [2.45, 2.75) is 118 Å². The summed E-state index contributed by atoms with van der Waals surface area (Å²) < 4.78 is 14.0. The minimum absolute atomic E-state index is 0.0157. The molecule has 1 aromatic carbocycles. The fraction of sp³-hybridized carbons (Fsp3) is 0.633. The lowest BCUT2D eigenvalue weighted by atomic mass is 9.74. The molecule has 0 unspecified atom stereocenters. The lowest BCUT2D eigenvalue weighted by Gasteiger charge is -2.44. The highest BCUT2D eigenvalue weighted by atomic mass is 127. The molecule has 0 spiro atoms. The molecule has 2 atom stereocenters. The Hall–Kier alpha value is -0.963. The van der Waals surface area contributed by atoms with E-state index in [1.165, 1.54) is 5.56 Å². The zero-order valence-corrected chi connectivity index (χ0v) is 27.3. The Labute approximate surface area is 233 Å². The first-order valence-electron chi connectivity index (χ1n) is 13.3. The van der Waals surface area contributed by atoms with Gasteiger partial charge in [0, 0.05) is 20.4 Å². The van der Waals surface area contributed by atoms with Gasteiger partial charge in [0.1, 0.15) is 11.9 Å². The third-order valence-corrected chi connectivity index (χ3v) is 13.3. The smallest absolute Gasteiger partial charge is 0.192 e. The van der Waals surface area contributed by atoms with Gasteiger partial charge in [0.05, 0.1) is 17.9 Å². The highest BCUT2D eigenvalue weighted by Gasteiger charge is 2.44. The van der Waals surface area contributed by atoms with Gasteiger partial charge in [0.25, 0.3) is 0 Å². The van der Waals surface area contributed by atoms with E-state index in [0.717, 1.165) is 44.7 Å². The van der Waals surface area contributed by atoms with E-state index >= 15 is 0 Å². The summed E-state index contributed by atoms with van der Waals surface area (Å²) in [7, 11) is -2.02. The van der Waals surface area contributed by atoms with Gasteiger partial charge in [-0.3, -0.25) is 4.98 Å². The van der Waals surface area contributed by atoms with Crippen molar-refractivity contribution >= 4 is 30.9 Å². The van der Waals surface area contributed by atoms with Gasteiger partial charge in [-0.05, 0) is 96.4 Å². The average molecular weight is 624 g/mol. The lowest BCUT2D eigenvalue weighted by Crippen LogP contribution is -2.44. The summed E-state index contributed by atoms with van der Waals surface area (Å²) in [5.74, 6) is 1.01. The van der Waals surface area contributed by atoms with Crippen LogP contribution in [0.1, 0.15) is 115 Å². The average Bonchev–Trinajstić information content (AvgIpc) is 2.70. The van der Waals surface area contributed by atoms with Crippen LogP contribution in [-0.2, 0) is 10.8 Å². The van der Waals surface area contributed by atoms with Gasteiger partial charge in [-0.1, -0.05) is 60.6 Å². The van der Waals surface area contributed by atoms with E-state index in [1.54, 1.807) is 0 Å². The number of fused-ring (bicyclic) bond motifs is 1. The molecule has 0 bridgehead atoms. The number of hydrogen-bond acceptors (Lipinski definition) is 4. The standard InChI is InChI=1S/C30H46INO3Si/c1-18(2)27-25(28(33)20-12-14-21(15-13-20)34-19(3)4)26(31)24-22(32-27)16-30(8,9)17-23(24)35-36(10,11)29(5,6)7/h12-15,18-19,23,28,33H,16-17H2,1-11H3/t23-,28-/m0/s1. The third-order valence-electron chi connectivity index (χ3n) is 7.65. The van der Waals surface area contributed by atoms with E-state index in [0.29, 0.717) is 0 Å². The molecule has 4 nitrogen and oxygen atoms in total. The van der Waals surface area contributed by atoms with E-state index in [1.807, 2.05) is 38.1 Å². The largest absolute Gasteiger partial charge is 0.491 e. The molecule has 3 rings (SSSR count). The van der Waals surface area contributed by atoms with Gasteiger partial charge in [-0.15, -0.1) is 0 Å². The van der Waals surface area contributed by atoms with Gasteiger partial charge in [-0.25, -0.2) is 0 Å². The number of hydrogen-bond donors (Lipinski definition) is 1. The minimum Gasteiger partial charge on any atom is -0.491 e. The molecule has 6 heteroatoms. The number of rotatable bonds is 7. The highest BCUT2D eigenvalue weighted by molar-refractivity contribution is 14.1. The van der Waals surface area contributed by atoms with Crippen LogP contribution in [0.15, 0.2) is 24.3 Å². The number of aliphatic hydroxyl groups excluding tert-OH is 1. The second-order valence-corrected chi connectivity index (χ2v) is 19.1. The van der Waals surface area contributed by atoms with Gasteiger partial charge < -0.3 is 14.3 Å². The van der Waals surface area contributed by atoms with Crippen molar-refractivity contribution in [3.8, 4) is 5.75 Å². The number of aromatic nitrogens is 1. The number of ether oxygens (including phenoxy) is 1. The van der Waals surface area contributed by atoms with E-state index in [2.05, 4.69) is 84.2 Å². The van der Waals surface area contributed by atoms with Crippen LogP contribution in [0, 0.1) is 8.99 Å². The SMILES string of the molecule is CC(C)Oc1ccc([C@H](O)c2c(C(C)C)nc3c(c2I)[C@@H](O[Si](C)(C)C(C)(C)C)CC(C)(C)C3)cc1. The molecule has 0 radical (unpaired) electrons. The third kappa shape index (κ3) is 6.36. The van der Waals surface area contributed by atoms with Crippen molar-refractivity contribution in [1.82, 2.24) is 4.98 Å². The summed E-state index contributed by atoms with van der Waals surface area (Å²) in [6.07, 6.45) is 1.22. The molecule has 0 saturated carbocycles. The number of benzene rings is 1. The van der Waals surface area contributed by atoms with Crippen molar-refractivity contribution in [2.75, 3.05) is 0 Å². The molecule has 0 amide bonds. The fourth-order valence-corrected chi connectivity index (χ4v) is 7.24. The molecule has 0 fully saturated rings. The van der Waals surface area contributed by atoms with Gasteiger partial charge in [-0.2, -0.15) is 0 Å². The molecular weight excluding hydrogens is 577 g/mol. The van der Waals surface area contributed by atoms with E-state index < -0.39 is 14.4 Å². The molecule has 1 N–H and O–H groups in total. The van der Waals surface area contributed by atoms with Crippen LogP contribution < -0.4 is 4.74 Å². The molecule has 200 valence electrons. The normalized spacial score (nSPS) is 18.9. The van der Waals surface area contributed by atoms with Crippen LogP contribution in [0.4, 0.5) is 0 Å². The van der Waals surface area contributed by atoms with Crippen molar-refractivity contribution in [1.29, 1.82) is 0 Å². The van der Waals surface area contributed by atoms with Crippen LogP contribution >= 0.6 is 22.6 Å². The summed E-state index contributed by atoms with van der Waals surface area (Å²) >= 11 is 2.46. The molecule has 2 aromatic rings. The number of aliphatic hydroxyl groups is 1. The van der Waals surface area contributed by atoms with Gasteiger partial charge >= 0.3 is 0 Å². The summed E-state index contributed by atoms with van der Waals surface area (Å²) in [4.78, 5) is 5.26. The second kappa shape index (κ2) is 10.7. The summed E-state index contributed by atoms with van der Waals surface area (Å²) in [6.45, 7) is 24.5. The van der Waals surface area contributed by atoms with Gasteiger partial charge in [0.15, 0.2) is 8.32 Å². The second-order valence-electron chi connectivity index (χ2n) is 13.3. The van der Waals surface area contributed by atoms with Crippen molar-refractivity contribution in [2.24, 2.45) is 5.41 Å². The van der Waals surface area contributed by atoms with E-state index in [4.69, 9.17) is 14.1 Å². The van der Waals surface area contributed by atoms with Crippen LogP contribution in [-0.4, -0.2) is 24.5 Å². The van der Waals surface area contributed by atoms with Crippen molar-refractivity contribution < 1.29 is 14.3 Å². The van der Waals surface area contributed by atoms with Gasteiger partial charge in [0.2, 0.25) is 0 Å². The molecule has 0 aliphatic heterocycles. The molecule has 1 aliphatic rings. The lowest BCUT2D eigenvalue weighted by molar-refractivity contribution is 0.104. The highest BCUT2D eigenvalue weighted by Crippen LogP contribution is 2.50.